The van der Waals surface area contributed by atoms with Crippen molar-refractivity contribution in [1.82, 2.24) is 15.1 Å². The number of carbonyl (C=O) groups excluding carboxylic acids is 1. The van der Waals surface area contributed by atoms with Crippen molar-refractivity contribution in [2.75, 3.05) is 5.32 Å². The van der Waals surface area contributed by atoms with Crippen LogP contribution in [0.1, 0.15) is 38.6 Å². The van der Waals surface area contributed by atoms with E-state index in [0.717, 1.165) is 5.69 Å². The van der Waals surface area contributed by atoms with Gasteiger partial charge in [0.15, 0.2) is 0 Å². The molecule has 1 N–H and O–H groups in total. The van der Waals surface area contributed by atoms with E-state index in [1.807, 2.05) is 42.5 Å². The molecule has 0 aliphatic rings. The van der Waals surface area contributed by atoms with Gasteiger partial charge in [-0.2, -0.15) is 4.98 Å². The van der Waals surface area contributed by atoms with Crippen LogP contribution in [0.25, 0.3) is 11.5 Å². The zero-order valence-corrected chi connectivity index (χ0v) is 15.2. The summed E-state index contributed by atoms with van der Waals surface area (Å²) in [7, 11) is 0. The molecule has 0 saturated carbocycles. The Balaban J connectivity index is 1.54. The molecule has 0 radical (unpaired) electrons. The van der Waals surface area contributed by atoms with Crippen LogP contribution < -0.4 is 5.32 Å². The molecule has 0 fully saturated rings. The van der Waals surface area contributed by atoms with Gasteiger partial charge in [-0.1, -0.05) is 44.1 Å². The molecule has 3 aromatic rings. The lowest BCUT2D eigenvalue weighted by Crippen LogP contribution is -2.14. The van der Waals surface area contributed by atoms with Gasteiger partial charge in [-0.15, -0.1) is 0 Å². The Bertz CT molecular complexity index is 865. The van der Waals surface area contributed by atoms with Crippen molar-refractivity contribution < 1.29 is 9.32 Å². The first-order valence-electron chi connectivity index (χ1n) is 8.56. The van der Waals surface area contributed by atoms with Crippen LogP contribution >= 0.6 is 0 Å². The smallest absolute Gasteiger partial charge is 0.227 e. The number of aryl methyl sites for hydroxylation is 1. The summed E-state index contributed by atoms with van der Waals surface area (Å²) in [6, 6.07) is 13.4. The summed E-state index contributed by atoms with van der Waals surface area (Å²) in [5, 5.41) is 6.79. The summed E-state index contributed by atoms with van der Waals surface area (Å²) in [6.07, 6.45) is 2.32. The first-order chi connectivity index (χ1) is 12.4. The number of hydrogen-bond donors (Lipinski definition) is 1. The molecule has 2 aromatic heterocycles. The Hall–Kier alpha value is -3.02. The van der Waals surface area contributed by atoms with Gasteiger partial charge in [0, 0.05) is 24.7 Å². The van der Waals surface area contributed by atoms with Crippen molar-refractivity contribution in [3.63, 3.8) is 0 Å². The maximum Gasteiger partial charge on any atom is 0.227 e. The molecule has 1 amide bonds. The Morgan fingerprint density at radius 3 is 2.54 bits per heavy atom. The van der Waals surface area contributed by atoms with Crippen molar-refractivity contribution in [1.29, 1.82) is 0 Å². The second-order valence-corrected chi connectivity index (χ2v) is 7.10. The lowest BCUT2D eigenvalue weighted by atomic mass is 9.87. The van der Waals surface area contributed by atoms with E-state index in [-0.39, 0.29) is 17.7 Å². The van der Waals surface area contributed by atoms with E-state index in [1.165, 1.54) is 5.56 Å². The van der Waals surface area contributed by atoms with Crippen molar-refractivity contribution >= 4 is 11.6 Å². The number of anilines is 1. The summed E-state index contributed by atoms with van der Waals surface area (Å²) in [6.45, 7) is 6.47. The highest BCUT2D eigenvalue weighted by Gasteiger charge is 2.14. The highest BCUT2D eigenvalue weighted by atomic mass is 16.5. The van der Waals surface area contributed by atoms with E-state index < -0.39 is 0 Å². The molecule has 26 heavy (non-hydrogen) atoms. The minimum absolute atomic E-state index is 0.0891. The molecular formula is C20H22N4O2. The van der Waals surface area contributed by atoms with Gasteiger partial charge in [-0.05, 0) is 35.2 Å². The Morgan fingerprint density at radius 2 is 1.88 bits per heavy atom. The summed E-state index contributed by atoms with van der Waals surface area (Å²) >= 11 is 0. The molecule has 0 saturated heterocycles. The van der Waals surface area contributed by atoms with Crippen LogP contribution in [0.2, 0.25) is 0 Å². The molecule has 0 aliphatic heterocycles. The molecule has 6 nitrogen and oxygen atoms in total. The third-order valence-corrected chi connectivity index (χ3v) is 3.96. The van der Waals surface area contributed by atoms with Gasteiger partial charge in [0.1, 0.15) is 5.69 Å². The van der Waals surface area contributed by atoms with E-state index in [4.69, 9.17) is 4.52 Å². The average Bonchev–Trinajstić information content (AvgIpc) is 3.09. The predicted octanol–water partition coefficient (Wildman–Crippen LogP) is 4.00. The van der Waals surface area contributed by atoms with Gasteiger partial charge in [0.25, 0.3) is 0 Å². The monoisotopic (exact) mass is 350 g/mol. The first-order valence-corrected chi connectivity index (χ1v) is 8.56. The summed E-state index contributed by atoms with van der Waals surface area (Å²) in [5.74, 6) is 0.758. The van der Waals surface area contributed by atoms with E-state index in [2.05, 4.69) is 41.2 Å². The van der Waals surface area contributed by atoms with Crippen LogP contribution in [0.5, 0.6) is 0 Å². The van der Waals surface area contributed by atoms with E-state index in [9.17, 15) is 4.79 Å². The number of pyridine rings is 1. The molecule has 3 rings (SSSR count). The molecule has 0 spiro atoms. The van der Waals surface area contributed by atoms with Gasteiger partial charge >= 0.3 is 0 Å². The highest BCUT2D eigenvalue weighted by molar-refractivity contribution is 5.90. The van der Waals surface area contributed by atoms with Gasteiger partial charge in [0.2, 0.25) is 17.6 Å². The Kier molecular flexibility index (Phi) is 5.11. The second-order valence-electron chi connectivity index (χ2n) is 7.10. The molecular weight excluding hydrogens is 328 g/mol. The molecule has 0 atom stereocenters. The number of aromatic nitrogens is 3. The van der Waals surface area contributed by atoms with Gasteiger partial charge in [0.05, 0.1) is 0 Å². The summed E-state index contributed by atoms with van der Waals surface area (Å²) in [5.41, 5.74) is 2.74. The number of nitrogens with zero attached hydrogens (tertiary/aromatic N) is 3. The van der Waals surface area contributed by atoms with Gasteiger partial charge in [-0.25, -0.2) is 0 Å². The topological polar surface area (TPSA) is 80.9 Å². The van der Waals surface area contributed by atoms with Gasteiger partial charge < -0.3 is 9.84 Å². The van der Waals surface area contributed by atoms with Crippen LogP contribution in [-0.2, 0) is 16.6 Å². The Labute approximate surface area is 152 Å². The van der Waals surface area contributed by atoms with E-state index in [0.29, 0.717) is 23.8 Å². The van der Waals surface area contributed by atoms with E-state index >= 15 is 0 Å². The number of benzene rings is 1. The summed E-state index contributed by atoms with van der Waals surface area (Å²) < 4.78 is 5.19. The lowest BCUT2D eigenvalue weighted by Gasteiger charge is -2.19. The van der Waals surface area contributed by atoms with Crippen molar-refractivity contribution in [3.05, 3.63) is 60.1 Å². The normalized spacial score (nSPS) is 11.3. The number of amides is 1. The SMILES string of the molecule is CC(C)(C)c1ccc(NC(=O)CCc2nc(-c3ccccn3)no2)cc1. The van der Waals surface area contributed by atoms with Crippen molar-refractivity contribution in [2.45, 2.75) is 39.0 Å². The minimum atomic E-state index is -0.0916. The average molecular weight is 350 g/mol. The molecule has 2 heterocycles. The third kappa shape index (κ3) is 4.53. The highest BCUT2D eigenvalue weighted by Crippen LogP contribution is 2.23. The van der Waals surface area contributed by atoms with E-state index in [1.54, 1.807) is 6.20 Å². The fourth-order valence-corrected chi connectivity index (χ4v) is 2.45. The van der Waals surface area contributed by atoms with Gasteiger partial charge in [-0.3, -0.25) is 9.78 Å². The number of rotatable bonds is 5. The predicted molar refractivity (Wildman–Crippen MR) is 99.6 cm³/mol. The van der Waals surface area contributed by atoms with Crippen LogP contribution in [0, 0.1) is 0 Å². The van der Waals surface area contributed by atoms with Crippen LogP contribution in [-0.4, -0.2) is 21.0 Å². The molecule has 6 heteroatoms. The molecule has 1 aromatic carbocycles. The zero-order valence-electron chi connectivity index (χ0n) is 15.2. The number of carbonyl (C=O) groups is 1. The van der Waals surface area contributed by atoms with Crippen LogP contribution in [0.4, 0.5) is 5.69 Å². The fourth-order valence-electron chi connectivity index (χ4n) is 2.45. The largest absolute Gasteiger partial charge is 0.339 e. The third-order valence-electron chi connectivity index (χ3n) is 3.96. The van der Waals surface area contributed by atoms with Crippen molar-refractivity contribution in [2.24, 2.45) is 0 Å². The molecule has 0 unspecified atom stereocenters. The fraction of sp³-hybridized carbons (Fsp3) is 0.300. The maximum absolute atomic E-state index is 12.1. The van der Waals surface area contributed by atoms with Crippen LogP contribution in [0.3, 0.4) is 0 Å². The molecule has 0 aliphatic carbocycles. The number of nitrogens with one attached hydrogen (secondary N) is 1. The first kappa shape index (κ1) is 17.8. The molecule has 134 valence electrons. The second kappa shape index (κ2) is 7.47. The lowest BCUT2D eigenvalue weighted by molar-refractivity contribution is -0.116. The number of hydrogen-bond acceptors (Lipinski definition) is 5. The standard InChI is InChI=1S/C20H22N4O2/c1-20(2,3)14-7-9-15(10-8-14)22-17(25)11-12-18-23-19(24-26-18)16-6-4-5-13-21-16/h4-10,13H,11-12H2,1-3H3,(H,22,25). The van der Waals surface area contributed by atoms with Crippen LogP contribution in [0.15, 0.2) is 53.2 Å². The summed E-state index contributed by atoms with van der Waals surface area (Å²) in [4.78, 5) is 20.6. The Morgan fingerprint density at radius 1 is 1.12 bits per heavy atom. The quantitative estimate of drug-likeness (QED) is 0.752. The minimum Gasteiger partial charge on any atom is -0.339 e. The van der Waals surface area contributed by atoms with Crippen molar-refractivity contribution in [3.8, 4) is 11.5 Å². The zero-order chi connectivity index (χ0) is 18.6. The maximum atomic E-state index is 12.1. The molecule has 0 bridgehead atoms.